The number of aryl methyl sites for hydroxylation is 1. The van der Waals surface area contributed by atoms with Gasteiger partial charge in [-0.15, -0.1) is 0 Å². The first-order chi connectivity index (χ1) is 8.08. The molecular weight excluding hydrogens is 224 g/mol. The van der Waals surface area contributed by atoms with Gasteiger partial charge in [-0.3, -0.25) is 19.7 Å². The highest BCUT2D eigenvalue weighted by Gasteiger charge is 2.28. The van der Waals surface area contributed by atoms with Crippen molar-refractivity contribution in [2.24, 2.45) is 7.05 Å². The van der Waals surface area contributed by atoms with Crippen LogP contribution in [0.3, 0.4) is 0 Å². The molecule has 1 aliphatic heterocycles. The van der Waals surface area contributed by atoms with Gasteiger partial charge in [0.05, 0.1) is 12.5 Å². The van der Waals surface area contributed by atoms with E-state index in [1.807, 2.05) is 0 Å². The molecule has 0 aliphatic carbocycles. The maximum absolute atomic E-state index is 11.8. The van der Waals surface area contributed by atoms with Gasteiger partial charge in [-0.25, -0.2) is 4.98 Å². The van der Waals surface area contributed by atoms with Crippen molar-refractivity contribution in [2.45, 2.75) is 18.9 Å². The fourth-order valence-corrected chi connectivity index (χ4v) is 1.64. The van der Waals surface area contributed by atoms with Crippen LogP contribution >= 0.6 is 0 Å². The number of hydrogen-bond donors (Lipinski definition) is 2. The Morgan fingerprint density at radius 2 is 2.35 bits per heavy atom. The van der Waals surface area contributed by atoms with Gasteiger partial charge >= 0.3 is 0 Å². The molecule has 1 aromatic heterocycles. The lowest BCUT2D eigenvalue weighted by molar-refractivity contribution is -0.134. The zero-order chi connectivity index (χ0) is 12.4. The predicted molar refractivity (Wildman–Crippen MR) is 56.8 cm³/mol. The summed E-state index contributed by atoms with van der Waals surface area (Å²) in [5, 5.41) is 4.75. The number of nitrogens with zero attached hydrogens (tertiary/aromatic N) is 2. The van der Waals surface area contributed by atoms with Crippen molar-refractivity contribution in [3.63, 3.8) is 0 Å². The topological polar surface area (TPSA) is 93.1 Å². The highest BCUT2D eigenvalue weighted by atomic mass is 16.2. The van der Waals surface area contributed by atoms with Crippen molar-refractivity contribution in [1.29, 1.82) is 0 Å². The Balaban J connectivity index is 2.02. The Labute approximate surface area is 97.2 Å². The number of carbonyl (C=O) groups is 3. The van der Waals surface area contributed by atoms with E-state index in [4.69, 9.17) is 0 Å². The molecule has 2 heterocycles. The molecule has 1 saturated heterocycles. The quantitative estimate of drug-likeness (QED) is 0.641. The van der Waals surface area contributed by atoms with Crippen LogP contribution in [0.5, 0.6) is 0 Å². The number of imide groups is 1. The molecule has 0 saturated carbocycles. The smallest absolute Gasteiger partial charge is 0.270 e. The summed E-state index contributed by atoms with van der Waals surface area (Å²) in [7, 11) is 1.69. The Morgan fingerprint density at radius 1 is 1.59 bits per heavy atom. The molecule has 2 rings (SSSR count). The summed E-state index contributed by atoms with van der Waals surface area (Å²) in [6, 6.07) is -0.657. The van der Waals surface area contributed by atoms with Gasteiger partial charge in [0.25, 0.3) is 5.91 Å². The molecule has 1 aromatic rings. The second-order valence-corrected chi connectivity index (χ2v) is 3.87. The van der Waals surface area contributed by atoms with E-state index in [0.29, 0.717) is 12.1 Å². The number of piperidine rings is 1. The summed E-state index contributed by atoms with van der Waals surface area (Å²) in [5.41, 5.74) is 0.370. The van der Waals surface area contributed by atoms with Gasteiger partial charge in [-0.05, 0) is 6.42 Å². The maximum atomic E-state index is 11.8. The zero-order valence-electron chi connectivity index (χ0n) is 9.27. The number of hydrogen-bond acceptors (Lipinski definition) is 4. The first-order valence-corrected chi connectivity index (χ1v) is 5.19. The van der Waals surface area contributed by atoms with Gasteiger partial charge in [0.2, 0.25) is 11.8 Å². The van der Waals surface area contributed by atoms with Gasteiger partial charge in [0, 0.05) is 13.5 Å². The molecule has 7 heteroatoms. The average molecular weight is 236 g/mol. The third-order valence-electron chi connectivity index (χ3n) is 2.59. The SMILES string of the molecule is Cn1cncc1C(=O)NC1CCC(=O)NC1=O. The summed E-state index contributed by atoms with van der Waals surface area (Å²) in [4.78, 5) is 38.0. The van der Waals surface area contributed by atoms with E-state index < -0.39 is 11.9 Å². The van der Waals surface area contributed by atoms with Crippen LogP contribution < -0.4 is 10.6 Å². The van der Waals surface area contributed by atoms with Gasteiger partial charge < -0.3 is 9.88 Å². The highest BCUT2D eigenvalue weighted by molar-refractivity contribution is 6.03. The lowest BCUT2D eigenvalue weighted by atomic mass is 10.1. The highest BCUT2D eigenvalue weighted by Crippen LogP contribution is 2.05. The molecule has 2 N–H and O–H groups in total. The van der Waals surface area contributed by atoms with Crippen LogP contribution in [0.4, 0.5) is 0 Å². The molecule has 0 spiro atoms. The Bertz CT molecular complexity index is 480. The summed E-state index contributed by atoms with van der Waals surface area (Å²) < 4.78 is 1.56. The number of amides is 3. The van der Waals surface area contributed by atoms with Crippen LogP contribution in [0.2, 0.25) is 0 Å². The van der Waals surface area contributed by atoms with E-state index >= 15 is 0 Å². The number of nitrogens with one attached hydrogen (secondary N) is 2. The Kier molecular flexibility index (Phi) is 2.90. The predicted octanol–water partition coefficient (Wildman–Crippen LogP) is -1.04. The molecule has 3 amide bonds. The zero-order valence-corrected chi connectivity index (χ0v) is 9.27. The van der Waals surface area contributed by atoms with Crippen molar-refractivity contribution in [3.05, 3.63) is 18.2 Å². The van der Waals surface area contributed by atoms with Gasteiger partial charge in [-0.2, -0.15) is 0 Å². The largest absolute Gasteiger partial charge is 0.339 e. The van der Waals surface area contributed by atoms with Crippen LogP contribution in [0, 0.1) is 0 Å². The van der Waals surface area contributed by atoms with Gasteiger partial charge in [0.15, 0.2) is 0 Å². The number of imidazole rings is 1. The van der Waals surface area contributed by atoms with Crippen molar-refractivity contribution >= 4 is 17.7 Å². The van der Waals surface area contributed by atoms with Crippen LogP contribution in [-0.2, 0) is 16.6 Å². The fraction of sp³-hybridized carbons (Fsp3) is 0.400. The van der Waals surface area contributed by atoms with E-state index in [1.165, 1.54) is 12.5 Å². The van der Waals surface area contributed by atoms with Crippen LogP contribution in [0.25, 0.3) is 0 Å². The van der Waals surface area contributed by atoms with E-state index in [1.54, 1.807) is 11.6 Å². The van der Waals surface area contributed by atoms with Crippen LogP contribution in [0.1, 0.15) is 23.3 Å². The van der Waals surface area contributed by atoms with Crippen molar-refractivity contribution < 1.29 is 14.4 Å². The van der Waals surface area contributed by atoms with Crippen LogP contribution in [-0.4, -0.2) is 33.3 Å². The minimum absolute atomic E-state index is 0.238. The fourth-order valence-electron chi connectivity index (χ4n) is 1.64. The monoisotopic (exact) mass is 236 g/mol. The first kappa shape index (κ1) is 11.3. The van der Waals surface area contributed by atoms with Crippen molar-refractivity contribution in [3.8, 4) is 0 Å². The van der Waals surface area contributed by atoms with Crippen molar-refractivity contribution in [2.75, 3.05) is 0 Å². The number of carbonyl (C=O) groups excluding carboxylic acids is 3. The Morgan fingerprint density at radius 3 is 2.94 bits per heavy atom. The van der Waals surface area contributed by atoms with E-state index in [9.17, 15) is 14.4 Å². The van der Waals surface area contributed by atoms with Crippen molar-refractivity contribution in [1.82, 2.24) is 20.2 Å². The van der Waals surface area contributed by atoms with Gasteiger partial charge in [-0.1, -0.05) is 0 Å². The molecule has 1 atom stereocenters. The summed E-state index contributed by atoms with van der Waals surface area (Å²) in [5.74, 6) is -1.14. The summed E-state index contributed by atoms with van der Waals surface area (Å²) in [6.45, 7) is 0. The molecule has 0 bridgehead atoms. The van der Waals surface area contributed by atoms with Crippen LogP contribution in [0.15, 0.2) is 12.5 Å². The van der Waals surface area contributed by atoms with Gasteiger partial charge in [0.1, 0.15) is 11.7 Å². The second kappa shape index (κ2) is 4.36. The number of rotatable bonds is 2. The Hall–Kier alpha value is -2.18. The molecule has 17 heavy (non-hydrogen) atoms. The standard InChI is InChI=1S/C10H12N4O3/c1-14-5-11-4-7(14)10(17)12-6-2-3-8(15)13-9(6)16/h4-6H,2-3H2,1H3,(H,12,17)(H,13,15,16). The molecule has 1 aliphatic rings. The third kappa shape index (κ3) is 2.32. The lowest BCUT2D eigenvalue weighted by Crippen LogP contribution is -2.52. The van der Waals surface area contributed by atoms with E-state index in [-0.39, 0.29) is 18.2 Å². The molecular formula is C10H12N4O3. The molecule has 1 fully saturated rings. The molecule has 90 valence electrons. The normalized spacial score (nSPS) is 19.9. The third-order valence-corrected chi connectivity index (χ3v) is 2.59. The minimum Gasteiger partial charge on any atom is -0.339 e. The molecule has 7 nitrogen and oxygen atoms in total. The lowest BCUT2D eigenvalue weighted by Gasteiger charge is -2.21. The average Bonchev–Trinajstić information content (AvgIpc) is 2.68. The first-order valence-electron chi connectivity index (χ1n) is 5.19. The summed E-state index contributed by atoms with van der Waals surface area (Å²) in [6.07, 6.45) is 3.48. The number of aromatic nitrogens is 2. The maximum Gasteiger partial charge on any atom is 0.270 e. The van der Waals surface area contributed by atoms with E-state index in [2.05, 4.69) is 15.6 Å². The second-order valence-electron chi connectivity index (χ2n) is 3.87. The molecule has 0 aromatic carbocycles. The summed E-state index contributed by atoms with van der Waals surface area (Å²) >= 11 is 0. The molecule has 0 radical (unpaired) electrons. The molecule has 1 unspecified atom stereocenters. The minimum atomic E-state index is -0.657. The van der Waals surface area contributed by atoms with E-state index in [0.717, 1.165) is 0 Å².